The first-order chi connectivity index (χ1) is 8.28. The summed E-state index contributed by atoms with van der Waals surface area (Å²) in [4.78, 5) is 0. The monoisotopic (exact) mass is 263 g/mol. The Balaban J connectivity index is 2.01. The van der Waals surface area contributed by atoms with E-state index in [9.17, 15) is 0 Å². The van der Waals surface area contributed by atoms with E-state index in [0.717, 1.165) is 20.9 Å². The van der Waals surface area contributed by atoms with E-state index in [2.05, 4.69) is 41.1 Å². The number of aromatic nitrogens is 2. The van der Waals surface area contributed by atoms with E-state index >= 15 is 0 Å². The van der Waals surface area contributed by atoms with E-state index < -0.39 is 0 Å². The Morgan fingerprint density at radius 2 is 2.12 bits per heavy atom. The molecule has 1 N–H and O–H groups in total. The molecule has 1 aromatic heterocycles. The lowest BCUT2D eigenvalue weighted by atomic mass is 10.2. The second-order valence-electron chi connectivity index (χ2n) is 3.46. The Morgan fingerprint density at radius 3 is 2.82 bits per heavy atom. The minimum Gasteiger partial charge on any atom is -0.330 e. The fourth-order valence-electron chi connectivity index (χ4n) is 1.21. The normalized spacial score (nSPS) is 10.2. The Morgan fingerprint density at radius 1 is 1.35 bits per heavy atom. The molecule has 1 heterocycles. The molecule has 2 rings (SSSR count). The van der Waals surface area contributed by atoms with Gasteiger partial charge in [0.1, 0.15) is 0 Å². The van der Waals surface area contributed by atoms with Crippen molar-refractivity contribution in [2.24, 2.45) is 0 Å². The standard InChI is InChI=1S/C12H13N3S2/c1-3-8-16-12-15-14-11(17-12)13-10-6-4-9(2)5-7-10/h3-7H,1,8H2,2H3,(H,13,14). The summed E-state index contributed by atoms with van der Waals surface area (Å²) in [5.41, 5.74) is 2.28. The lowest BCUT2D eigenvalue weighted by molar-refractivity contribution is 1.01. The van der Waals surface area contributed by atoms with Crippen LogP contribution in [0.4, 0.5) is 10.8 Å². The molecule has 0 aliphatic rings. The van der Waals surface area contributed by atoms with Gasteiger partial charge in [0, 0.05) is 11.4 Å². The zero-order chi connectivity index (χ0) is 12.1. The molecular formula is C12H13N3S2. The summed E-state index contributed by atoms with van der Waals surface area (Å²) in [6, 6.07) is 8.20. The van der Waals surface area contributed by atoms with E-state index in [1.54, 1.807) is 23.1 Å². The smallest absolute Gasteiger partial charge is 0.210 e. The molecule has 0 unspecified atom stereocenters. The number of thioether (sulfide) groups is 1. The van der Waals surface area contributed by atoms with Crippen molar-refractivity contribution in [2.45, 2.75) is 11.3 Å². The van der Waals surface area contributed by atoms with Gasteiger partial charge >= 0.3 is 0 Å². The highest BCUT2D eigenvalue weighted by atomic mass is 32.2. The maximum Gasteiger partial charge on any atom is 0.210 e. The van der Waals surface area contributed by atoms with Crippen LogP contribution < -0.4 is 5.32 Å². The van der Waals surface area contributed by atoms with Crippen LogP contribution in [0.25, 0.3) is 0 Å². The van der Waals surface area contributed by atoms with E-state index in [-0.39, 0.29) is 0 Å². The summed E-state index contributed by atoms with van der Waals surface area (Å²) in [7, 11) is 0. The average Bonchev–Trinajstić information content (AvgIpc) is 2.77. The van der Waals surface area contributed by atoms with E-state index in [4.69, 9.17) is 0 Å². The van der Waals surface area contributed by atoms with Gasteiger partial charge in [-0.3, -0.25) is 0 Å². The van der Waals surface area contributed by atoms with Crippen molar-refractivity contribution in [2.75, 3.05) is 11.1 Å². The van der Waals surface area contributed by atoms with Crippen LogP contribution in [0.15, 0.2) is 41.3 Å². The van der Waals surface area contributed by atoms with Crippen LogP contribution >= 0.6 is 23.1 Å². The van der Waals surface area contributed by atoms with Crippen LogP contribution in [-0.2, 0) is 0 Å². The third-order valence-corrected chi connectivity index (χ3v) is 4.00. The van der Waals surface area contributed by atoms with Crippen molar-refractivity contribution in [1.29, 1.82) is 0 Å². The SMILES string of the molecule is C=CCSc1nnc(Nc2ccc(C)cc2)s1. The van der Waals surface area contributed by atoms with Crippen molar-refractivity contribution in [3.05, 3.63) is 42.5 Å². The molecule has 2 aromatic rings. The lowest BCUT2D eigenvalue weighted by Crippen LogP contribution is -1.88. The maximum absolute atomic E-state index is 4.09. The van der Waals surface area contributed by atoms with Crippen LogP contribution in [0, 0.1) is 6.92 Å². The number of nitrogens with zero attached hydrogens (tertiary/aromatic N) is 2. The molecule has 0 aliphatic heterocycles. The molecular weight excluding hydrogens is 250 g/mol. The fourth-order valence-corrected chi connectivity index (χ4v) is 2.74. The van der Waals surface area contributed by atoms with Gasteiger partial charge < -0.3 is 5.32 Å². The van der Waals surface area contributed by atoms with Gasteiger partial charge in [-0.1, -0.05) is 46.9 Å². The first-order valence-corrected chi connectivity index (χ1v) is 6.99. The minimum atomic E-state index is 0.820. The van der Waals surface area contributed by atoms with Crippen LogP contribution in [0.1, 0.15) is 5.56 Å². The van der Waals surface area contributed by atoms with Crippen LogP contribution in [0.2, 0.25) is 0 Å². The molecule has 0 spiro atoms. The second-order valence-corrected chi connectivity index (χ2v) is 5.71. The number of benzene rings is 1. The minimum absolute atomic E-state index is 0.820. The number of hydrogen-bond acceptors (Lipinski definition) is 5. The number of nitrogens with one attached hydrogen (secondary N) is 1. The Kier molecular flexibility index (Phi) is 4.17. The van der Waals surface area contributed by atoms with Gasteiger partial charge in [-0.2, -0.15) is 0 Å². The van der Waals surface area contributed by atoms with Gasteiger partial charge in [0.05, 0.1) is 0 Å². The molecule has 0 atom stereocenters. The van der Waals surface area contributed by atoms with Crippen LogP contribution in [-0.4, -0.2) is 16.0 Å². The summed E-state index contributed by atoms with van der Waals surface area (Å²) >= 11 is 3.19. The number of anilines is 2. The molecule has 0 radical (unpaired) electrons. The second kappa shape index (κ2) is 5.84. The zero-order valence-electron chi connectivity index (χ0n) is 9.51. The molecule has 1 aromatic carbocycles. The van der Waals surface area contributed by atoms with Gasteiger partial charge in [0.2, 0.25) is 5.13 Å². The zero-order valence-corrected chi connectivity index (χ0v) is 11.1. The van der Waals surface area contributed by atoms with Crippen molar-refractivity contribution < 1.29 is 0 Å². The van der Waals surface area contributed by atoms with Crippen molar-refractivity contribution in [3.8, 4) is 0 Å². The maximum atomic E-state index is 4.09. The molecule has 0 amide bonds. The molecule has 0 aliphatic carbocycles. The van der Waals surface area contributed by atoms with Gasteiger partial charge in [0.15, 0.2) is 4.34 Å². The third kappa shape index (κ3) is 3.57. The van der Waals surface area contributed by atoms with Crippen molar-refractivity contribution >= 4 is 33.9 Å². The Bertz CT molecular complexity index is 491. The van der Waals surface area contributed by atoms with Crippen molar-refractivity contribution in [3.63, 3.8) is 0 Å². The molecule has 88 valence electrons. The third-order valence-electron chi connectivity index (χ3n) is 2.03. The highest BCUT2D eigenvalue weighted by molar-refractivity contribution is 8.01. The fraction of sp³-hybridized carbons (Fsp3) is 0.167. The predicted molar refractivity (Wildman–Crippen MR) is 75.3 cm³/mol. The van der Waals surface area contributed by atoms with Gasteiger partial charge in [-0.05, 0) is 19.1 Å². The van der Waals surface area contributed by atoms with Gasteiger partial charge in [-0.25, -0.2) is 0 Å². The first kappa shape index (κ1) is 12.1. The quantitative estimate of drug-likeness (QED) is 0.656. The van der Waals surface area contributed by atoms with E-state index in [0.29, 0.717) is 0 Å². The molecule has 3 nitrogen and oxygen atoms in total. The molecule has 0 fully saturated rings. The summed E-state index contributed by atoms with van der Waals surface area (Å²) in [6.45, 7) is 5.75. The van der Waals surface area contributed by atoms with Crippen molar-refractivity contribution in [1.82, 2.24) is 10.2 Å². The summed E-state index contributed by atoms with van der Waals surface area (Å²) in [5.74, 6) is 0.860. The van der Waals surface area contributed by atoms with Gasteiger partial charge in [0.25, 0.3) is 0 Å². The highest BCUT2D eigenvalue weighted by Gasteiger charge is 2.03. The molecule has 5 heteroatoms. The molecule has 17 heavy (non-hydrogen) atoms. The summed E-state index contributed by atoms with van der Waals surface area (Å²) < 4.78 is 0.958. The largest absolute Gasteiger partial charge is 0.330 e. The van der Waals surface area contributed by atoms with Gasteiger partial charge in [-0.15, -0.1) is 16.8 Å². The number of aryl methyl sites for hydroxylation is 1. The van der Waals surface area contributed by atoms with E-state index in [1.807, 2.05) is 18.2 Å². The van der Waals surface area contributed by atoms with Crippen LogP contribution in [0.3, 0.4) is 0 Å². The summed E-state index contributed by atoms with van der Waals surface area (Å²) in [5, 5.41) is 12.2. The van der Waals surface area contributed by atoms with E-state index in [1.165, 1.54) is 5.56 Å². The molecule has 0 bridgehead atoms. The lowest BCUT2D eigenvalue weighted by Gasteiger charge is -2.01. The molecule has 0 saturated heterocycles. The topological polar surface area (TPSA) is 37.8 Å². The Labute approximate surface area is 109 Å². The molecule has 0 saturated carbocycles. The predicted octanol–water partition coefficient (Wildman–Crippen LogP) is 3.87. The van der Waals surface area contributed by atoms with Crippen LogP contribution in [0.5, 0.6) is 0 Å². The number of rotatable bonds is 5. The Hall–Kier alpha value is -1.33. The number of hydrogen-bond donors (Lipinski definition) is 1. The first-order valence-electron chi connectivity index (χ1n) is 5.19. The highest BCUT2D eigenvalue weighted by Crippen LogP contribution is 2.27. The average molecular weight is 263 g/mol. The summed E-state index contributed by atoms with van der Waals surface area (Å²) in [6.07, 6.45) is 1.86.